The number of sulfone groups is 1. The van der Waals surface area contributed by atoms with Crippen LogP contribution in [0.2, 0.25) is 0 Å². The summed E-state index contributed by atoms with van der Waals surface area (Å²) in [4.78, 5) is 0. The van der Waals surface area contributed by atoms with Gasteiger partial charge >= 0.3 is 0 Å². The van der Waals surface area contributed by atoms with Crippen molar-refractivity contribution >= 4 is 15.5 Å². The van der Waals surface area contributed by atoms with Gasteiger partial charge in [-0.15, -0.1) is 0 Å². The maximum Gasteiger partial charge on any atom is 0.148 e. The van der Waals surface area contributed by atoms with E-state index in [1.165, 1.54) is 18.4 Å². The van der Waals surface area contributed by atoms with Crippen LogP contribution in [-0.4, -0.2) is 40.2 Å². The van der Waals surface area contributed by atoms with Gasteiger partial charge in [0.2, 0.25) is 0 Å². The van der Waals surface area contributed by atoms with E-state index < -0.39 is 21.1 Å². The smallest absolute Gasteiger partial charge is 0.148 e. The van der Waals surface area contributed by atoms with Gasteiger partial charge in [0.25, 0.3) is 0 Å². The molecule has 120 valence electrons. The standard InChI is InChI=1S/C15H19FN2O3S/c1-22(19,20)11-15(4-6-21-7-5-15)10-18-14-3-2-13(16)8-12(14)9-17/h2-3,8,18H,4-7,10-11H2,1H3. The molecule has 0 atom stereocenters. The Kier molecular flexibility index (Phi) is 5.04. The number of hydrogen-bond acceptors (Lipinski definition) is 5. The third kappa shape index (κ3) is 4.42. The largest absolute Gasteiger partial charge is 0.383 e. The second kappa shape index (κ2) is 6.63. The van der Waals surface area contributed by atoms with Crippen LogP contribution in [0.3, 0.4) is 0 Å². The lowest BCUT2D eigenvalue weighted by molar-refractivity contribution is 0.0315. The molecule has 1 aromatic carbocycles. The van der Waals surface area contributed by atoms with E-state index >= 15 is 0 Å². The van der Waals surface area contributed by atoms with E-state index in [4.69, 9.17) is 10.00 Å². The average Bonchev–Trinajstić information content (AvgIpc) is 2.45. The van der Waals surface area contributed by atoms with Gasteiger partial charge in [0.05, 0.1) is 17.0 Å². The molecule has 1 saturated heterocycles. The highest BCUT2D eigenvalue weighted by Gasteiger charge is 2.36. The number of rotatable bonds is 5. The van der Waals surface area contributed by atoms with Gasteiger partial charge in [-0.05, 0) is 31.0 Å². The molecule has 0 amide bonds. The molecule has 1 aromatic rings. The molecule has 0 spiro atoms. The van der Waals surface area contributed by atoms with Gasteiger partial charge in [0.1, 0.15) is 21.7 Å². The first-order valence-corrected chi connectivity index (χ1v) is 9.09. The molecule has 1 fully saturated rings. The Morgan fingerprint density at radius 1 is 1.41 bits per heavy atom. The Balaban J connectivity index is 2.17. The summed E-state index contributed by atoms with van der Waals surface area (Å²) in [6, 6.07) is 5.88. The van der Waals surface area contributed by atoms with Gasteiger partial charge in [-0.1, -0.05) is 0 Å². The Morgan fingerprint density at radius 2 is 2.09 bits per heavy atom. The summed E-state index contributed by atoms with van der Waals surface area (Å²) >= 11 is 0. The first-order chi connectivity index (χ1) is 10.3. The molecular weight excluding hydrogens is 307 g/mol. The van der Waals surface area contributed by atoms with Crippen LogP contribution in [-0.2, 0) is 14.6 Å². The second-order valence-corrected chi connectivity index (χ2v) is 7.98. The molecule has 1 aliphatic rings. The SMILES string of the molecule is CS(=O)(=O)CC1(CNc2ccc(F)cc2C#N)CCOCC1. The molecule has 0 radical (unpaired) electrons. The summed E-state index contributed by atoms with van der Waals surface area (Å²) in [7, 11) is -3.13. The van der Waals surface area contributed by atoms with Gasteiger partial charge in [0.15, 0.2) is 0 Å². The summed E-state index contributed by atoms with van der Waals surface area (Å²) in [6.07, 6.45) is 2.50. The summed E-state index contributed by atoms with van der Waals surface area (Å²) in [5.41, 5.74) is 0.303. The predicted molar refractivity (Wildman–Crippen MR) is 81.8 cm³/mol. The van der Waals surface area contributed by atoms with Crippen LogP contribution in [0.1, 0.15) is 18.4 Å². The van der Waals surface area contributed by atoms with Gasteiger partial charge in [-0.2, -0.15) is 5.26 Å². The van der Waals surface area contributed by atoms with Crippen LogP contribution < -0.4 is 5.32 Å². The molecule has 0 aliphatic carbocycles. The van der Waals surface area contributed by atoms with E-state index in [0.29, 0.717) is 38.3 Å². The highest BCUT2D eigenvalue weighted by atomic mass is 32.2. The van der Waals surface area contributed by atoms with Crippen molar-refractivity contribution in [2.75, 3.05) is 37.1 Å². The molecule has 0 unspecified atom stereocenters. The quantitative estimate of drug-likeness (QED) is 0.894. The molecule has 0 aromatic heterocycles. The van der Waals surface area contributed by atoms with Crippen LogP contribution in [0, 0.1) is 22.6 Å². The lowest BCUT2D eigenvalue weighted by Gasteiger charge is -2.37. The minimum atomic E-state index is -3.13. The fourth-order valence-corrected chi connectivity index (χ4v) is 4.28. The summed E-state index contributed by atoms with van der Waals surface area (Å²) < 4.78 is 41.9. The van der Waals surface area contributed by atoms with E-state index in [1.807, 2.05) is 6.07 Å². The molecule has 7 heteroatoms. The van der Waals surface area contributed by atoms with Gasteiger partial charge in [-0.3, -0.25) is 0 Å². The summed E-state index contributed by atoms with van der Waals surface area (Å²) in [6.45, 7) is 1.45. The van der Waals surface area contributed by atoms with Gasteiger partial charge < -0.3 is 10.1 Å². The fourth-order valence-electron chi connectivity index (χ4n) is 2.78. The fraction of sp³-hybridized carbons (Fsp3) is 0.533. The summed E-state index contributed by atoms with van der Waals surface area (Å²) in [5.74, 6) is -0.404. The highest BCUT2D eigenvalue weighted by Crippen LogP contribution is 2.33. The van der Waals surface area contributed by atoms with E-state index in [0.717, 1.165) is 6.07 Å². The van der Waals surface area contributed by atoms with Crippen molar-refractivity contribution in [3.8, 4) is 6.07 Å². The number of nitriles is 1. The third-order valence-electron chi connectivity index (χ3n) is 3.88. The minimum absolute atomic E-state index is 0.0689. The monoisotopic (exact) mass is 326 g/mol. The first-order valence-electron chi connectivity index (χ1n) is 7.03. The molecule has 2 rings (SSSR count). The van der Waals surface area contributed by atoms with E-state index in [1.54, 1.807) is 0 Å². The number of halogens is 1. The first kappa shape index (κ1) is 16.7. The maximum atomic E-state index is 13.2. The molecule has 0 saturated carbocycles. The number of hydrogen-bond donors (Lipinski definition) is 1. The molecule has 0 bridgehead atoms. The highest BCUT2D eigenvalue weighted by molar-refractivity contribution is 7.90. The molecule has 1 aliphatic heterocycles. The Morgan fingerprint density at radius 3 is 2.68 bits per heavy atom. The molecule has 5 nitrogen and oxygen atoms in total. The van der Waals surface area contributed by atoms with Gasteiger partial charge in [0, 0.05) is 31.4 Å². The van der Waals surface area contributed by atoms with Crippen LogP contribution >= 0.6 is 0 Å². The van der Waals surface area contributed by atoms with Crippen molar-refractivity contribution < 1.29 is 17.5 Å². The topological polar surface area (TPSA) is 79.2 Å². The third-order valence-corrected chi connectivity index (χ3v) is 5.01. The van der Waals surface area contributed by atoms with Crippen molar-refractivity contribution in [1.29, 1.82) is 5.26 Å². The Labute approximate surface area is 130 Å². The normalized spacial score (nSPS) is 17.7. The van der Waals surface area contributed by atoms with Gasteiger partial charge in [-0.25, -0.2) is 12.8 Å². The number of anilines is 1. The Hall–Kier alpha value is -1.65. The average molecular weight is 326 g/mol. The van der Waals surface area contributed by atoms with Crippen LogP contribution in [0.5, 0.6) is 0 Å². The number of nitrogens with zero attached hydrogens (tertiary/aromatic N) is 1. The van der Waals surface area contributed by atoms with Crippen molar-refractivity contribution in [3.63, 3.8) is 0 Å². The molecule has 1 heterocycles. The van der Waals surface area contributed by atoms with Crippen molar-refractivity contribution in [3.05, 3.63) is 29.6 Å². The summed E-state index contributed by atoms with van der Waals surface area (Å²) in [5, 5.41) is 12.2. The number of benzene rings is 1. The van der Waals surface area contributed by atoms with Crippen molar-refractivity contribution in [2.45, 2.75) is 12.8 Å². The molecular formula is C15H19FN2O3S. The zero-order chi connectivity index (χ0) is 16.2. The van der Waals surface area contributed by atoms with Crippen LogP contribution in [0.25, 0.3) is 0 Å². The second-order valence-electron chi connectivity index (χ2n) is 5.84. The maximum absolute atomic E-state index is 13.2. The molecule has 1 N–H and O–H groups in total. The van der Waals surface area contributed by atoms with Crippen LogP contribution in [0.4, 0.5) is 10.1 Å². The number of ether oxygens (including phenoxy) is 1. The minimum Gasteiger partial charge on any atom is -0.383 e. The lowest BCUT2D eigenvalue weighted by atomic mass is 9.82. The van der Waals surface area contributed by atoms with Crippen LogP contribution in [0.15, 0.2) is 18.2 Å². The van der Waals surface area contributed by atoms with E-state index in [9.17, 15) is 12.8 Å². The molecule has 22 heavy (non-hydrogen) atoms. The Bertz CT molecular complexity index is 677. The number of nitrogens with one attached hydrogen (secondary N) is 1. The van der Waals surface area contributed by atoms with E-state index in [-0.39, 0.29) is 11.3 Å². The zero-order valence-corrected chi connectivity index (χ0v) is 13.2. The van der Waals surface area contributed by atoms with Crippen molar-refractivity contribution in [2.24, 2.45) is 5.41 Å². The van der Waals surface area contributed by atoms with Crippen molar-refractivity contribution in [1.82, 2.24) is 0 Å². The lowest BCUT2D eigenvalue weighted by Crippen LogP contribution is -2.41. The van der Waals surface area contributed by atoms with E-state index in [2.05, 4.69) is 5.32 Å². The zero-order valence-electron chi connectivity index (χ0n) is 12.4. The predicted octanol–water partition coefficient (Wildman–Crippen LogP) is 1.95.